The molecule has 0 atom stereocenters. The number of thioether (sulfide) groups is 1. The first-order valence-electron chi connectivity index (χ1n) is 8.44. The van der Waals surface area contributed by atoms with Crippen molar-refractivity contribution in [1.29, 1.82) is 0 Å². The van der Waals surface area contributed by atoms with E-state index < -0.39 is 0 Å². The van der Waals surface area contributed by atoms with Gasteiger partial charge in [0.2, 0.25) is 0 Å². The summed E-state index contributed by atoms with van der Waals surface area (Å²) in [5.74, 6) is 1.46. The van der Waals surface area contributed by atoms with Crippen molar-refractivity contribution in [2.75, 3.05) is 0 Å². The van der Waals surface area contributed by atoms with Crippen molar-refractivity contribution in [2.45, 2.75) is 24.4 Å². The Balaban J connectivity index is 1.59. The molecule has 0 spiro atoms. The van der Waals surface area contributed by atoms with E-state index in [2.05, 4.69) is 39.9 Å². The van der Waals surface area contributed by atoms with Crippen LogP contribution in [0, 0.1) is 10.1 Å². The van der Waals surface area contributed by atoms with Crippen LogP contribution in [0.4, 0.5) is 5.69 Å². The van der Waals surface area contributed by atoms with Crippen LogP contribution < -0.4 is 0 Å². The van der Waals surface area contributed by atoms with Gasteiger partial charge in [-0.1, -0.05) is 42.1 Å². The zero-order valence-electron chi connectivity index (χ0n) is 14.5. The number of rotatable bonds is 6. The first kappa shape index (κ1) is 17.7. The van der Waals surface area contributed by atoms with E-state index in [9.17, 15) is 10.1 Å². The molecule has 0 fully saturated rings. The summed E-state index contributed by atoms with van der Waals surface area (Å²) in [4.78, 5) is 11.7. The van der Waals surface area contributed by atoms with Crippen molar-refractivity contribution < 1.29 is 4.92 Å². The molecular weight excluding hydrogens is 380 g/mol. The molecule has 8 heteroatoms. The van der Waals surface area contributed by atoms with Crippen molar-refractivity contribution in [2.24, 2.45) is 0 Å². The maximum absolute atomic E-state index is 10.9. The number of non-ortho nitro benzene ring substituents is 1. The lowest BCUT2D eigenvalue weighted by molar-refractivity contribution is -0.384. The number of aromatic nitrogens is 3. The maximum atomic E-state index is 10.9. The van der Waals surface area contributed by atoms with Crippen LogP contribution in [-0.4, -0.2) is 19.7 Å². The highest BCUT2D eigenvalue weighted by atomic mass is 32.2. The van der Waals surface area contributed by atoms with E-state index in [1.165, 1.54) is 27.9 Å². The van der Waals surface area contributed by atoms with Crippen molar-refractivity contribution in [1.82, 2.24) is 14.8 Å². The van der Waals surface area contributed by atoms with E-state index >= 15 is 0 Å². The number of nitro groups is 1. The minimum absolute atomic E-state index is 0.107. The molecule has 0 unspecified atom stereocenters. The van der Waals surface area contributed by atoms with Crippen molar-refractivity contribution in [3.05, 3.63) is 70.3 Å². The van der Waals surface area contributed by atoms with Gasteiger partial charge in [0.25, 0.3) is 5.69 Å². The fourth-order valence-corrected chi connectivity index (χ4v) is 4.86. The molecule has 2 aromatic carbocycles. The van der Waals surface area contributed by atoms with Gasteiger partial charge in [0, 0.05) is 29.1 Å². The van der Waals surface area contributed by atoms with Crippen molar-refractivity contribution in [3.63, 3.8) is 0 Å². The fraction of sp³-hybridized carbons (Fsp3) is 0.158. The van der Waals surface area contributed by atoms with Gasteiger partial charge in [-0.2, -0.15) is 0 Å². The number of nitro benzene ring substituents is 1. The second-order valence-corrected chi connectivity index (χ2v) is 7.94. The fourth-order valence-electron chi connectivity index (χ4n) is 2.86. The molecule has 0 radical (unpaired) electrons. The Hall–Kier alpha value is -2.71. The zero-order chi connectivity index (χ0) is 18.8. The molecule has 0 N–H and O–H groups in total. The standard InChI is InChI=1S/C19H16N4O2S2/c1-2-22-18(17-11-14-7-3-4-9-16(14)27-17)20-21-19(22)26-12-13-6-5-8-15(10-13)23(24)25/h3-11H,2,12H2,1H3. The summed E-state index contributed by atoms with van der Waals surface area (Å²) in [6, 6.07) is 17.1. The molecular formula is C19H16N4O2S2. The summed E-state index contributed by atoms with van der Waals surface area (Å²) in [5.41, 5.74) is 0.999. The third-order valence-corrected chi connectivity index (χ3v) is 6.32. The van der Waals surface area contributed by atoms with Gasteiger partial charge in [-0.15, -0.1) is 21.5 Å². The summed E-state index contributed by atoms with van der Waals surface area (Å²) in [6.45, 7) is 2.82. The summed E-state index contributed by atoms with van der Waals surface area (Å²) >= 11 is 3.24. The molecule has 27 heavy (non-hydrogen) atoms. The SMILES string of the molecule is CCn1c(SCc2cccc([N+](=O)[O-])c2)nnc1-c1cc2ccccc2s1. The van der Waals surface area contributed by atoms with Crippen LogP contribution in [-0.2, 0) is 12.3 Å². The van der Waals surface area contributed by atoms with Crippen molar-refractivity contribution in [3.8, 4) is 10.7 Å². The van der Waals surface area contributed by atoms with Gasteiger partial charge in [0.05, 0.1) is 9.80 Å². The quantitative estimate of drug-likeness (QED) is 0.248. The molecule has 0 aliphatic heterocycles. The van der Waals surface area contributed by atoms with Crippen LogP contribution >= 0.6 is 23.1 Å². The van der Waals surface area contributed by atoms with Gasteiger partial charge < -0.3 is 4.57 Å². The first-order chi connectivity index (χ1) is 13.2. The number of hydrogen-bond donors (Lipinski definition) is 0. The van der Waals surface area contributed by atoms with Crippen LogP contribution in [0.1, 0.15) is 12.5 Å². The van der Waals surface area contributed by atoms with E-state index in [-0.39, 0.29) is 10.6 Å². The number of hydrogen-bond acceptors (Lipinski definition) is 6. The van der Waals surface area contributed by atoms with Gasteiger partial charge in [-0.05, 0) is 30.0 Å². The molecule has 2 heterocycles. The first-order valence-corrected chi connectivity index (χ1v) is 10.2. The highest BCUT2D eigenvalue weighted by Crippen LogP contribution is 2.34. The molecule has 0 saturated carbocycles. The second-order valence-electron chi connectivity index (χ2n) is 5.91. The molecule has 0 amide bonds. The van der Waals surface area contributed by atoms with E-state index in [1.54, 1.807) is 23.5 Å². The Morgan fingerprint density at radius 3 is 2.78 bits per heavy atom. The predicted molar refractivity (Wildman–Crippen MR) is 109 cm³/mol. The lowest BCUT2D eigenvalue weighted by atomic mass is 10.2. The van der Waals surface area contributed by atoms with Crippen molar-refractivity contribution >= 4 is 38.9 Å². The second kappa shape index (κ2) is 7.50. The predicted octanol–water partition coefficient (Wildman–Crippen LogP) is 5.38. The minimum atomic E-state index is -0.373. The number of fused-ring (bicyclic) bond motifs is 1. The van der Waals surface area contributed by atoms with Crippen LogP contribution in [0.15, 0.2) is 59.8 Å². The number of nitrogens with zero attached hydrogens (tertiary/aromatic N) is 4. The average Bonchev–Trinajstić information content (AvgIpc) is 3.29. The zero-order valence-corrected chi connectivity index (χ0v) is 16.2. The van der Waals surface area contributed by atoms with E-state index in [4.69, 9.17) is 0 Å². The smallest absolute Gasteiger partial charge is 0.269 e. The Labute approximate surface area is 164 Å². The molecule has 4 aromatic rings. The van der Waals surface area contributed by atoms with Gasteiger partial charge >= 0.3 is 0 Å². The summed E-state index contributed by atoms with van der Waals surface area (Å²) in [6.07, 6.45) is 0. The molecule has 0 aliphatic carbocycles. The van der Waals surface area contributed by atoms with Crippen LogP contribution in [0.3, 0.4) is 0 Å². The highest BCUT2D eigenvalue weighted by molar-refractivity contribution is 7.98. The molecule has 2 aromatic heterocycles. The largest absolute Gasteiger partial charge is 0.302 e. The molecule has 4 rings (SSSR count). The maximum Gasteiger partial charge on any atom is 0.269 e. The molecule has 0 bridgehead atoms. The normalized spacial score (nSPS) is 11.1. The lowest BCUT2D eigenvalue weighted by Crippen LogP contribution is -1.99. The monoisotopic (exact) mass is 396 g/mol. The number of benzene rings is 2. The summed E-state index contributed by atoms with van der Waals surface area (Å²) in [7, 11) is 0. The molecule has 6 nitrogen and oxygen atoms in total. The molecule has 0 saturated heterocycles. The van der Waals surface area contributed by atoms with E-state index in [0.29, 0.717) is 5.75 Å². The minimum Gasteiger partial charge on any atom is -0.302 e. The third-order valence-electron chi connectivity index (χ3n) is 4.17. The van der Waals surface area contributed by atoms with Crippen LogP contribution in [0.25, 0.3) is 20.8 Å². The average molecular weight is 396 g/mol. The number of thiophene rings is 1. The van der Waals surface area contributed by atoms with Gasteiger partial charge in [-0.3, -0.25) is 10.1 Å². The van der Waals surface area contributed by atoms with E-state index in [0.717, 1.165) is 28.0 Å². The van der Waals surface area contributed by atoms with Gasteiger partial charge in [0.15, 0.2) is 11.0 Å². The lowest BCUT2D eigenvalue weighted by Gasteiger charge is -2.06. The van der Waals surface area contributed by atoms with E-state index in [1.807, 2.05) is 18.2 Å². The molecule has 136 valence electrons. The van der Waals surface area contributed by atoms with Crippen LogP contribution in [0.2, 0.25) is 0 Å². The topological polar surface area (TPSA) is 73.8 Å². The van der Waals surface area contributed by atoms with Gasteiger partial charge in [-0.25, -0.2) is 0 Å². The Morgan fingerprint density at radius 1 is 1.15 bits per heavy atom. The highest BCUT2D eigenvalue weighted by Gasteiger charge is 2.16. The Kier molecular flexibility index (Phi) is 4.91. The Morgan fingerprint density at radius 2 is 2.00 bits per heavy atom. The molecule has 0 aliphatic rings. The van der Waals surface area contributed by atoms with Gasteiger partial charge in [0.1, 0.15) is 0 Å². The van der Waals surface area contributed by atoms with Crippen LogP contribution in [0.5, 0.6) is 0 Å². The summed E-state index contributed by atoms with van der Waals surface area (Å²) in [5, 5.41) is 21.7. The third kappa shape index (κ3) is 3.58. The Bertz CT molecular complexity index is 1090. The summed E-state index contributed by atoms with van der Waals surface area (Å²) < 4.78 is 3.32.